The highest BCUT2D eigenvalue weighted by atomic mass is 16.1. The van der Waals surface area contributed by atoms with E-state index >= 15 is 0 Å². The zero-order valence-corrected chi connectivity index (χ0v) is 16.6. The Kier molecular flexibility index (Phi) is 5.02. The molecular weight excluding hydrogens is 408 g/mol. The standard InChI is InChI=1S/C21H16N10O/c32-21(15-2-1-3-18(10-15)31-14-25-28-29-31)27-17-6-4-16(5-7-17)26-19-11-20(24-12-23-19)30-9-8-22-13-30/h1-14H,(H,27,32)(H,23,24,26). The van der Waals surface area contributed by atoms with Gasteiger partial charge in [0.2, 0.25) is 0 Å². The van der Waals surface area contributed by atoms with Crippen molar-refractivity contribution in [2.45, 2.75) is 0 Å². The third-order valence-electron chi connectivity index (χ3n) is 4.56. The number of benzene rings is 2. The SMILES string of the molecule is O=C(Nc1ccc(Nc2cc(-n3ccnc3)ncn2)cc1)c1cccc(-n2cnnn2)c1. The Morgan fingerprint density at radius 3 is 2.59 bits per heavy atom. The van der Waals surface area contributed by atoms with Gasteiger partial charge in [-0.25, -0.2) is 19.6 Å². The number of amides is 1. The van der Waals surface area contributed by atoms with E-state index in [1.807, 2.05) is 42.6 Å². The third kappa shape index (κ3) is 4.16. The summed E-state index contributed by atoms with van der Waals surface area (Å²) in [4.78, 5) is 25.1. The molecule has 1 amide bonds. The minimum Gasteiger partial charge on any atom is -0.340 e. The fourth-order valence-corrected chi connectivity index (χ4v) is 3.01. The van der Waals surface area contributed by atoms with Crippen molar-refractivity contribution in [1.29, 1.82) is 0 Å². The number of anilines is 3. The average Bonchev–Trinajstić information content (AvgIpc) is 3.55. The lowest BCUT2D eigenvalue weighted by atomic mass is 10.2. The highest BCUT2D eigenvalue weighted by Crippen LogP contribution is 2.19. The molecule has 3 heterocycles. The van der Waals surface area contributed by atoms with Gasteiger partial charge in [0, 0.05) is 35.4 Å². The second-order valence-electron chi connectivity index (χ2n) is 6.69. The van der Waals surface area contributed by atoms with Gasteiger partial charge >= 0.3 is 0 Å². The van der Waals surface area contributed by atoms with Gasteiger partial charge in [-0.05, 0) is 52.9 Å². The van der Waals surface area contributed by atoms with E-state index in [-0.39, 0.29) is 5.91 Å². The van der Waals surface area contributed by atoms with Gasteiger partial charge in [-0.3, -0.25) is 9.36 Å². The molecule has 0 spiro atoms. The number of carbonyl (C=O) groups excluding carboxylic acids is 1. The van der Waals surface area contributed by atoms with Crippen molar-refractivity contribution in [3.8, 4) is 11.5 Å². The summed E-state index contributed by atoms with van der Waals surface area (Å²) in [5.74, 6) is 1.11. The van der Waals surface area contributed by atoms with Gasteiger partial charge in [-0.15, -0.1) is 5.10 Å². The van der Waals surface area contributed by atoms with Crippen molar-refractivity contribution >= 4 is 23.1 Å². The summed E-state index contributed by atoms with van der Waals surface area (Å²) in [5, 5.41) is 17.2. The second-order valence-corrected chi connectivity index (χ2v) is 6.69. The van der Waals surface area contributed by atoms with E-state index in [4.69, 9.17) is 0 Å². The van der Waals surface area contributed by atoms with Crippen LogP contribution in [0.25, 0.3) is 11.5 Å². The Bertz CT molecular complexity index is 1330. The summed E-state index contributed by atoms with van der Waals surface area (Å²) in [7, 11) is 0. The molecule has 0 aliphatic rings. The number of hydrogen-bond acceptors (Lipinski definition) is 8. The number of tetrazole rings is 1. The molecule has 0 saturated carbocycles. The van der Waals surface area contributed by atoms with Gasteiger partial charge in [-0.2, -0.15) is 0 Å². The van der Waals surface area contributed by atoms with Crippen molar-refractivity contribution in [1.82, 2.24) is 39.7 Å². The normalized spacial score (nSPS) is 10.6. The van der Waals surface area contributed by atoms with E-state index in [1.54, 1.807) is 35.3 Å². The summed E-state index contributed by atoms with van der Waals surface area (Å²) in [6.07, 6.45) is 8.11. The molecule has 0 saturated heterocycles. The number of hydrogen-bond donors (Lipinski definition) is 2. The maximum atomic E-state index is 12.6. The zero-order valence-electron chi connectivity index (χ0n) is 16.6. The van der Waals surface area contributed by atoms with E-state index in [2.05, 4.69) is 41.1 Å². The van der Waals surface area contributed by atoms with Crippen LogP contribution in [0.3, 0.4) is 0 Å². The Morgan fingerprint density at radius 2 is 1.81 bits per heavy atom. The summed E-state index contributed by atoms with van der Waals surface area (Å²) in [6.45, 7) is 0. The van der Waals surface area contributed by atoms with E-state index in [9.17, 15) is 4.79 Å². The maximum absolute atomic E-state index is 12.6. The van der Waals surface area contributed by atoms with Crippen molar-refractivity contribution < 1.29 is 4.79 Å². The number of aromatic nitrogens is 8. The second kappa shape index (κ2) is 8.44. The number of nitrogens with zero attached hydrogens (tertiary/aromatic N) is 8. The topological polar surface area (TPSA) is 128 Å². The smallest absolute Gasteiger partial charge is 0.255 e. The summed E-state index contributed by atoms with van der Waals surface area (Å²) in [5.41, 5.74) is 2.67. The Labute approximate surface area is 181 Å². The Hall–Kier alpha value is -4.93. The minimum atomic E-state index is -0.235. The molecule has 2 aromatic carbocycles. The molecule has 11 nitrogen and oxygen atoms in total. The lowest BCUT2D eigenvalue weighted by Crippen LogP contribution is -2.12. The molecule has 2 N–H and O–H groups in total. The molecule has 0 aliphatic heterocycles. The Balaban J connectivity index is 1.26. The van der Waals surface area contributed by atoms with Crippen LogP contribution in [0.1, 0.15) is 10.4 Å². The molecule has 0 aliphatic carbocycles. The largest absolute Gasteiger partial charge is 0.340 e. The minimum absolute atomic E-state index is 0.235. The van der Waals surface area contributed by atoms with Gasteiger partial charge in [0.15, 0.2) is 0 Å². The first-order valence-corrected chi connectivity index (χ1v) is 9.57. The van der Waals surface area contributed by atoms with Gasteiger partial charge in [0.1, 0.15) is 30.6 Å². The monoisotopic (exact) mass is 424 g/mol. The highest BCUT2D eigenvalue weighted by Gasteiger charge is 2.09. The van der Waals surface area contributed by atoms with Gasteiger partial charge < -0.3 is 10.6 Å². The first kappa shape index (κ1) is 19.1. The van der Waals surface area contributed by atoms with Crippen LogP contribution in [0, 0.1) is 0 Å². The van der Waals surface area contributed by atoms with Crippen LogP contribution >= 0.6 is 0 Å². The molecule has 5 rings (SSSR count). The molecule has 156 valence electrons. The fraction of sp³-hybridized carbons (Fsp3) is 0. The van der Waals surface area contributed by atoms with Crippen LogP contribution < -0.4 is 10.6 Å². The van der Waals surface area contributed by atoms with Crippen LogP contribution in [-0.4, -0.2) is 45.6 Å². The van der Waals surface area contributed by atoms with Crippen molar-refractivity contribution in [2.24, 2.45) is 0 Å². The number of rotatable bonds is 6. The molecule has 32 heavy (non-hydrogen) atoms. The highest BCUT2D eigenvalue weighted by molar-refractivity contribution is 6.04. The van der Waals surface area contributed by atoms with Crippen LogP contribution in [-0.2, 0) is 0 Å². The molecule has 11 heteroatoms. The third-order valence-corrected chi connectivity index (χ3v) is 4.56. The van der Waals surface area contributed by atoms with E-state index in [0.29, 0.717) is 28.6 Å². The van der Waals surface area contributed by atoms with Gasteiger partial charge in [0.25, 0.3) is 5.91 Å². The van der Waals surface area contributed by atoms with Crippen LogP contribution in [0.5, 0.6) is 0 Å². The van der Waals surface area contributed by atoms with E-state index < -0.39 is 0 Å². The molecule has 0 atom stereocenters. The molecule has 0 unspecified atom stereocenters. The van der Waals surface area contributed by atoms with Crippen LogP contribution in [0.15, 0.2) is 86.0 Å². The van der Waals surface area contributed by atoms with Crippen molar-refractivity contribution in [2.75, 3.05) is 10.6 Å². The van der Waals surface area contributed by atoms with Crippen molar-refractivity contribution in [3.63, 3.8) is 0 Å². The van der Waals surface area contributed by atoms with Crippen LogP contribution in [0.4, 0.5) is 17.2 Å². The van der Waals surface area contributed by atoms with Crippen LogP contribution in [0.2, 0.25) is 0 Å². The predicted molar refractivity (Wildman–Crippen MR) is 116 cm³/mol. The molecule has 3 aromatic heterocycles. The van der Waals surface area contributed by atoms with Gasteiger partial charge in [-0.1, -0.05) is 6.07 Å². The molecule has 0 radical (unpaired) electrons. The quantitative estimate of drug-likeness (QED) is 0.426. The molecule has 0 fully saturated rings. The van der Waals surface area contributed by atoms with Gasteiger partial charge in [0.05, 0.1) is 5.69 Å². The Morgan fingerprint density at radius 1 is 0.938 bits per heavy atom. The van der Waals surface area contributed by atoms with E-state index in [0.717, 1.165) is 5.69 Å². The fourth-order valence-electron chi connectivity index (χ4n) is 3.01. The first-order chi connectivity index (χ1) is 15.7. The summed E-state index contributed by atoms with van der Waals surface area (Å²) < 4.78 is 3.28. The number of imidazole rings is 1. The van der Waals surface area contributed by atoms with E-state index in [1.165, 1.54) is 17.3 Å². The number of carbonyl (C=O) groups is 1. The predicted octanol–water partition coefficient (Wildman–Crippen LogP) is 2.63. The summed E-state index contributed by atoms with van der Waals surface area (Å²) in [6, 6.07) is 16.2. The first-order valence-electron chi connectivity index (χ1n) is 9.57. The average molecular weight is 424 g/mol. The summed E-state index contributed by atoms with van der Waals surface area (Å²) >= 11 is 0. The zero-order chi connectivity index (χ0) is 21.8. The lowest BCUT2D eigenvalue weighted by Gasteiger charge is -2.10. The lowest BCUT2D eigenvalue weighted by molar-refractivity contribution is 0.102. The maximum Gasteiger partial charge on any atom is 0.255 e. The molecule has 0 bridgehead atoms. The number of nitrogens with one attached hydrogen (secondary N) is 2. The molecular formula is C21H16N10O. The van der Waals surface area contributed by atoms with Crippen molar-refractivity contribution in [3.05, 3.63) is 91.5 Å². The molecule has 5 aromatic rings.